The van der Waals surface area contributed by atoms with E-state index in [0.717, 1.165) is 24.3 Å². The number of fused-ring (bicyclic) bond motifs is 1. The van der Waals surface area contributed by atoms with Gasteiger partial charge in [0.15, 0.2) is 0 Å². The minimum Gasteiger partial charge on any atom is -0.244 e. The van der Waals surface area contributed by atoms with E-state index in [1.54, 1.807) is 25.8 Å². The lowest BCUT2D eigenvalue weighted by molar-refractivity contribution is -0.140. The summed E-state index contributed by atoms with van der Waals surface area (Å²) in [6.07, 6.45) is -3.32. The Hall–Kier alpha value is -1.92. The smallest absolute Gasteiger partial charge is 0.244 e. The average Bonchev–Trinajstić information content (AvgIpc) is 2.41. The van der Waals surface area contributed by atoms with Gasteiger partial charge in [0.05, 0.1) is 17.3 Å². The highest BCUT2D eigenvalue weighted by Crippen LogP contribution is 2.41. The molecule has 0 aliphatic carbocycles. The topological polar surface area (TPSA) is 28.0 Å². The van der Waals surface area contributed by atoms with Crippen LogP contribution in [0.15, 0.2) is 22.2 Å². The van der Waals surface area contributed by atoms with E-state index in [2.05, 4.69) is 10.1 Å². The lowest BCUT2D eigenvalue weighted by atomic mass is 9.99. The van der Waals surface area contributed by atoms with Crippen molar-refractivity contribution in [3.05, 3.63) is 29.1 Å². The Morgan fingerprint density at radius 2 is 1.96 bits per heavy atom. The van der Waals surface area contributed by atoms with E-state index in [1.807, 2.05) is 6.92 Å². The van der Waals surface area contributed by atoms with E-state index < -0.39 is 23.6 Å². The molecule has 1 aliphatic heterocycles. The fourth-order valence-corrected chi connectivity index (χ4v) is 2.53. The zero-order valence-electron chi connectivity index (χ0n) is 13.5. The Labute approximate surface area is 132 Å². The van der Waals surface area contributed by atoms with Gasteiger partial charge in [-0.05, 0) is 33.3 Å². The van der Waals surface area contributed by atoms with Gasteiger partial charge in [-0.1, -0.05) is 6.92 Å². The van der Waals surface area contributed by atoms with E-state index >= 15 is 0 Å². The summed E-state index contributed by atoms with van der Waals surface area (Å²) in [5.41, 5.74) is 0.0619. The molecular formula is C16H19F4N3. The number of hydrogen-bond donors (Lipinski definition) is 0. The Morgan fingerprint density at radius 3 is 2.48 bits per heavy atom. The highest BCUT2D eigenvalue weighted by atomic mass is 19.4. The zero-order chi connectivity index (χ0) is 17.4. The van der Waals surface area contributed by atoms with E-state index in [1.165, 1.54) is 0 Å². The van der Waals surface area contributed by atoms with E-state index in [-0.39, 0.29) is 5.69 Å². The van der Waals surface area contributed by atoms with Gasteiger partial charge in [0.1, 0.15) is 11.7 Å². The summed E-state index contributed by atoms with van der Waals surface area (Å²) in [7, 11) is 0. The van der Waals surface area contributed by atoms with Crippen LogP contribution in [0.25, 0.3) is 0 Å². The predicted molar refractivity (Wildman–Crippen MR) is 82.4 cm³/mol. The van der Waals surface area contributed by atoms with Crippen LogP contribution >= 0.6 is 0 Å². The van der Waals surface area contributed by atoms with Crippen molar-refractivity contribution in [1.29, 1.82) is 0 Å². The first kappa shape index (κ1) is 17.4. The van der Waals surface area contributed by atoms with Crippen LogP contribution in [0.3, 0.4) is 0 Å². The van der Waals surface area contributed by atoms with Crippen molar-refractivity contribution < 1.29 is 17.6 Å². The van der Waals surface area contributed by atoms with Gasteiger partial charge in [-0.15, -0.1) is 0 Å². The molecule has 3 nitrogen and oxygen atoms in total. The molecule has 0 N–H and O–H groups in total. The van der Waals surface area contributed by atoms with Gasteiger partial charge in [0, 0.05) is 23.8 Å². The second kappa shape index (κ2) is 6.29. The second-order valence-electron chi connectivity index (χ2n) is 5.73. The molecule has 1 atom stereocenters. The molecule has 0 aromatic heterocycles. The summed E-state index contributed by atoms with van der Waals surface area (Å²) in [5.74, 6) is -0.667. The first-order valence-corrected chi connectivity index (χ1v) is 7.44. The Balaban J connectivity index is 2.61. The fraction of sp³-hybridized carbons (Fsp3) is 0.500. The summed E-state index contributed by atoms with van der Waals surface area (Å²) in [6.45, 7) is 7.32. The van der Waals surface area contributed by atoms with Crippen LogP contribution in [0, 0.1) is 5.82 Å². The van der Waals surface area contributed by atoms with Gasteiger partial charge < -0.3 is 0 Å². The van der Waals surface area contributed by atoms with Gasteiger partial charge >= 0.3 is 6.18 Å². The van der Waals surface area contributed by atoms with Crippen molar-refractivity contribution in [3.63, 3.8) is 0 Å². The van der Waals surface area contributed by atoms with Crippen LogP contribution in [0.1, 0.15) is 57.7 Å². The molecule has 0 saturated heterocycles. The van der Waals surface area contributed by atoms with E-state index in [9.17, 15) is 17.6 Å². The van der Waals surface area contributed by atoms with Crippen LogP contribution < -0.4 is 0 Å². The molecule has 23 heavy (non-hydrogen) atoms. The molecule has 1 aromatic carbocycles. The zero-order valence-corrected chi connectivity index (χ0v) is 13.5. The number of hydrazone groups is 1. The molecule has 0 saturated carbocycles. The summed E-state index contributed by atoms with van der Waals surface area (Å²) in [4.78, 5) is 4.33. The van der Waals surface area contributed by atoms with Gasteiger partial charge in [-0.2, -0.15) is 18.3 Å². The number of rotatable bonds is 3. The van der Waals surface area contributed by atoms with Crippen molar-refractivity contribution in [2.75, 3.05) is 0 Å². The minimum absolute atomic E-state index is 0.242. The van der Waals surface area contributed by atoms with E-state index in [0.29, 0.717) is 17.8 Å². The third-order valence-corrected chi connectivity index (χ3v) is 3.53. The molecule has 1 unspecified atom stereocenters. The molecule has 0 radical (unpaired) electrons. The van der Waals surface area contributed by atoms with Gasteiger partial charge in [-0.25, -0.2) is 14.4 Å². The van der Waals surface area contributed by atoms with Crippen LogP contribution in [0.4, 0.5) is 23.2 Å². The maximum atomic E-state index is 13.8. The molecule has 0 spiro atoms. The summed E-state index contributed by atoms with van der Waals surface area (Å²) in [6, 6.07) is 1.26. The number of benzene rings is 1. The molecule has 1 aliphatic rings. The highest BCUT2D eigenvalue weighted by Gasteiger charge is 2.37. The monoisotopic (exact) mass is 329 g/mol. The summed E-state index contributed by atoms with van der Waals surface area (Å²) < 4.78 is 52.6. The standard InChI is InChI=1S/C16H19F4N3/c1-5-6-15-21-14-8-13(17)12(16(18,19)20)7-11(14)10(4)23(15)22-9(2)3/h7-8,10H,5-6H2,1-4H3. The Kier molecular flexibility index (Phi) is 4.77. The normalized spacial score (nSPS) is 17.7. The molecular weight excluding hydrogens is 310 g/mol. The third kappa shape index (κ3) is 3.54. The fourth-order valence-electron chi connectivity index (χ4n) is 2.53. The first-order valence-electron chi connectivity index (χ1n) is 7.44. The van der Waals surface area contributed by atoms with Crippen molar-refractivity contribution >= 4 is 17.2 Å². The first-order chi connectivity index (χ1) is 10.6. The van der Waals surface area contributed by atoms with Gasteiger partial charge in [0.2, 0.25) is 0 Å². The Morgan fingerprint density at radius 1 is 1.30 bits per heavy atom. The maximum Gasteiger partial charge on any atom is 0.419 e. The molecule has 0 bridgehead atoms. The molecule has 2 rings (SSSR count). The third-order valence-electron chi connectivity index (χ3n) is 3.53. The van der Waals surface area contributed by atoms with Crippen LogP contribution in [-0.4, -0.2) is 16.6 Å². The van der Waals surface area contributed by atoms with Crippen molar-refractivity contribution in [3.8, 4) is 0 Å². The maximum absolute atomic E-state index is 13.8. The number of nitrogens with zero attached hydrogens (tertiary/aromatic N) is 3. The number of hydrogen-bond acceptors (Lipinski definition) is 3. The predicted octanol–water partition coefficient (Wildman–Crippen LogP) is 5.45. The van der Waals surface area contributed by atoms with E-state index in [4.69, 9.17) is 0 Å². The lowest BCUT2D eigenvalue weighted by Gasteiger charge is -2.33. The number of halogens is 4. The largest absolute Gasteiger partial charge is 0.419 e. The summed E-state index contributed by atoms with van der Waals surface area (Å²) >= 11 is 0. The minimum atomic E-state index is -4.74. The number of alkyl halides is 3. The molecule has 7 heteroatoms. The van der Waals surface area contributed by atoms with Gasteiger partial charge in [-0.3, -0.25) is 0 Å². The molecule has 0 amide bonds. The van der Waals surface area contributed by atoms with Crippen LogP contribution in [0.5, 0.6) is 0 Å². The Bertz CT molecular complexity index is 658. The SMILES string of the molecule is CCCC1=Nc2cc(F)c(C(F)(F)F)cc2C(C)N1N=C(C)C. The quantitative estimate of drug-likeness (QED) is 0.535. The molecule has 126 valence electrons. The molecule has 0 fully saturated rings. The summed E-state index contributed by atoms with van der Waals surface area (Å²) in [5, 5.41) is 6.00. The van der Waals surface area contributed by atoms with Crippen molar-refractivity contribution in [2.45, 2.75) is 52.8 Å². The van der Waals surface area contributed by atoms with Gasteiger partial charge in [0.25, 0.3) is 0 Å². The average molecular weight is 329 g/mol. The second-order valence-corrected chi connectivity index (χ2v) is 5.73. The molecule has 1 heterocycles. The molecule has 1 aromatic rings. The van der Waals surface area contributed by atoms with Crippen molar-refractivity contribution in [1.82, 2.24) is 5.01 Å². The highest BCUT2D eigenvalue weighted by molar-refractivity contribution is 5.89. The lowest BCUT2D eigenvalue weighted by Crippen LogP contribution is -2.32. The number of aliphatic imine (C=N–C) groups is 1. The number of amidine groups is 1. The van der Waals surface area contributed by atoms with Crippen molar-refractivity contribution in [2.24, 2.45) is 10.1 Å². The van der Waals surface area contributed by atoms with Crippen LogP contribution in [0.2, 0.25) is 0 Å². The van der Waals surface area contributed by atoms with Crippen LogP contribution in [-0.2, 0) is 6.18 Å².